The van der Waals surface area contributed by atoms with Crippen LogP contribution in [-0.4, -0.2) is 79.0 Å². The Balaban J connectivity index is 1.33. The normalized spacial score (nSPS) is 17.1. The van der Waals surface area contributed by atoms with Crippen molar-refractivity contribution in [2.75, 3.05) is 60.5 Å². The van der Waals surface area contributed by atoms with Gasteiger partial charge in [0.15, 0.2) is 0 Å². The number of aromatic nitrogens is 2. The number of amides is 2. The van der Waals surface area contributed by atoms with Crippen molar-refractivity contribution in [2.24, 2.45) is 0 Å². The van der Waals surface area contributed by atoms with E-state index in [0.717, 1.165) is 16.9 Å². The van der Waals surface area contributed by atoms with Gasteiger partial charge in [-0.1, -0.05) is 29.3 Å². The molecular formula is C31H37Cl2N7O4. The van der Waals surface area contributed by atoms with Crippen LogP contribution in [0.2, 0.25) is 10.0 Å². The minimum absolute atomic E-state index is 0.0275. The first-order valence-corrected chi connectivity index (χ1v) is 15.1. The van der Waals surface area contributed by atoms with Crippen molar-refractivity contribution in [2.45, 2.75) is 45.9 Å². The third kappa shape index (κ3) is 6.64. The Morgan fingerprint density at radius 3 is 2.52 bits per heavy atom. The van der Waals surface area contributed by atoms with E-state index in [1.54, 1.807) is 30.2 Å². The van der Waals surface area contributed by atoms with Gasteiger partial charge >= 0.3 is 6.09 Å². The van der Waals surface area contributed by atoms with Gasteiger partial charge in [-0.25, -0.2) is 9.78 Å². The highest BCUT2D eigenvalue weighted by molar-refractivity contribution is 6.40. The van der Waals surface area contributed by atoms with Crippen LogP contribution in [0, 0.1) is 0 Å². The number of nitrogens with one attached hydrogen (secondary N) is 1. The lowest BCUT2D eigenvalue weighted by molar-refractivity contribution is 0.0158. The molecule has 0 aliphatic carbocycles. The number of anilines is 5. The van der Waals surface area contributed by atoms with E-state index in [1.807, 2.05) is 57.8 Å². The SMILES string of the molecule is COCc1cc(Nc2ncc3c(n2)N(C)CN(c2c(Cl)cccc2Cl)C3=O)ccc1N1CCN(C(=O)OC(C)(C)C)[C@H](C)C1. The predicted octanol–water partition coefficient (Wildman–Crippen LogP) is 6.17. The lowest BCUT2D eigenvalue weighted by Gasteiger charge is -2.41. The molecular weight excluding hydrogens is 605 g/mol. The molecule has 1 N–H and O–H groups in total. The maximum atomic E-state index is 13.4. The zero-order valence-corrected chi connectivity index (χ0v) is 27.2. The number of benzene rings is 2. The van der Waals surface area contributed by atoms with E-state index >= 15 is 0 Å². The summed E-state index contributed by atoms with van der Waals surface area (Å²) < 4.78 is 11.1. The van der Waals surface area contributed by atoms with Crippen molar-refractivity contribution in [3.05, 3.63) is 63.8 Å². The van der Waals surface area contributed by atoms with E-state index in [2.05, 4.69) is 20.2 Å². The van der Waals surface area contributed by atoms with Crippen molar-refractivity contribution in [1.29, 1.82) is 0 Å². The molecule has 0 saturated carbocycles. The number of carbonyl (C=O) groups excluding carboxylic acids is 2. The van der Waals surface area contributed by atoms with Gasteiger partial charge in [0.2, 0.25) is 5.95 Å². The van der Waals surface area contributed by atoms with Crippen LogP contribution in [0.4, 0.5) is 33.6 Å². The van der Waals surface area contributed by atoms with Gasteiger partial charge in [0, 0.05) is 63.0 Å². The molecule has 11 nitrogen and oxygen atoms in total. The molecule has 1 fully saturated rings. The molecule has 3 aromatic rings. The Morgan fingerprint density at radius 2 is 1.86 bits per heavy atom. The number of carbonyl (C=O) groups is 2. The summed E-state index contributed by atoms with van der Waals surface area (Å²) in [5.41, 5.74) is 3.04. The van der Waals surface area contributed by atoms with Crippen LogP contribution in [0.25, 0.3) is 0 Å². The number of hydrogen-bond donors (Lipinski definition) is 1. The Kier molecular flexibility index (Phi) is 9.10. The van der Waals surface area contributed by atoms with Gasteiger partial charge in [0.25, 0.3) is 5.91 Å². The van der Waals surface area contributed by atoms with Crippen LogP contribution in [0.1, 0.15) is 43.6 Å². The summed E-state index contributed by atoms with van der Waals surface area (Å²) in [6.07, 6.45) is 1.22. The number of nitrogens with zero attached hydrogens (tertiary/aromatic N) is 6. The number of halogens is 2. The van der Waals surface area contributed by atoms with E-state index in [0.29, 0.717) is 59.3 Å². The number of piperazine rings is 1. The molecule has 0 radical (unpaired) electrons. The molecule has 0 unspecified atom stereocenters. The molecule has 13 heteroatoms. The van der Waals surface area contributed by atoms with Gasteiger partial charge in [-0.3, -0.25) is 9.69 Å². The summed E-state index contributed by atoms with van der Waals surface area (Å²) in [6.45, 7) is 10.1. The van der Waals surface area contributed by atoms with Crippen molar-refractivity contribution in [3.8, 4) is 0 Å². The lowest BCUT2D eigenvalue weighted by atomic mass is 10.1. The van der Waals surface area contributed by atoms with Gasteiger partial charge in [-0.15, -0.1) is 0 Å². The molecule has 2 aromatic carbocycles. The van der Waals surface area contributed by atoms with Gasteiger partial charge in [0.1, 0.15) is 17.0 Å². The van der Waals surface area contributed by atoms with Gasteiger partial charge < -0.3 is 29.5 Å². The number of hydrogen-bond acceptors (Lipinski definition) is 9. The van der Waals surface area contributed by atoms with E-state index in [-0.39, 0.29) is 24.7 Å². The number of para-hydroxylation sites is 1. The van der Waals surface area contributed by atoms with Crippen LogP contribution in [0.5, 0.6) is 0 Å². The van der Waals surface area contributed by atoms with Crippen LogP contribution in [-0.2, 0) is 16.1 Å². The van der Waals surface area contributed by atoms with Crippen molar-refractivity contribution < 1.29 is 19.1 Å². The average Bonchev–Trinajstić information content (AvgIpc) is 2.95. The summed E-state index contributed by atoms with van der Waals surface area (Å²) in [4.78, 5) is 42.6. The topological polar surface area (TPSA) is 103 Å². The summed E-state index contributed by atoms with van der Waals surface area (Å²) in [6, 6.07) is 11.1. The highest BCUT2D eigenvalue weighted by atomic mass is 35.5. The van der Waals surface area contributed by atoms with E-state index in [1.165, 1.54) is 11.1 Å². The number of fused-ring (bicyclic) bond motifs is 1. The second-order valence-electron chi connectivity index (χ2n) is 11.9. The fourth-order valence-electron chi connectivity index (χ4n) is 5.42. The maximum Gasteiger partial charge on any atom is 0.410 e. The Morgan fingerprint density at radius 1 is 1.14 bits per heavy atom. The van der Waals surface area contributed by atoms with Gasteiger partial charge in [-0.2, -0.15) is 4.98 Å². The average molecular weight is 643 g/mol. The van der Waals surface area contributed by atoms with Gasteiger partial charge in [-0.05, 0) is 58.0 Å². The molecule has 44 heavy (non-hydrogen) atoms. The Hall–Kier alpha value is -3.80. The molecule has 0 spiro atoms. The molecule has 2 aliphatic rings. The third-order valence-corrected chi connectivity index (χ3v) is 8.01. The number of ether oxygens (including phenoxy) is 2. The largest absolute Gasteiger partial charge is 0.444 e. The summed E-state index contributed by atoms with van der Waals surface area (Å²) in [5.74, 6) is 0.563. The molecule has 234 valence electrons. The summed E-state index contributed by atoms with van der Waals surface area (Å²) in [7, 11) is 3.50. The minimum Gasteiger partial charge on any atom is -0.444 e. The molecule has 5 rings (SSSR count). The Labute approximate surface area is 267 Å². The molecule has 0 bridgehead atoms. The Bertz CT molecular complexity index is 1540. The predicted molar refractivity (Wildman–Crippen MR) is 174 cm³/mol. The number of methoxy groups -OCH3 is 1. The molecule has 3 heterocycles. The van der Waals surface area contributed by atoms with E-state index in [4.69, 9.17) is 32.7 Å². The highest BCUT2D eigenvalue weighted by Gasteiger charge is 2.34. The van der Waals surface area contributed by atoms with Crippen LogP contribution in [0.15, 0.2) is 42.6 Å². The first-order chi connectivity index (χ1) is 20.9. The van der Waals surface area contributed by atoms with Crippen LogP contribution < -0.4 is 20.0 Å². The van der Waals surface area contributed by atoms with Crippen molar-refractivity contribution in [1.82, 2.24) is 14.9 Å². The fraction of sp³-hybridized carbons (Fsp3) is 0.419. The summed E-state index contributed by atoms with van der Waals surface area (Å²) >= 11 is 12.8. The maximum absolute atomic E-state index is 13.4. The molecule has 1 saturated heterocycles. The third-order valence-electron chi connectivity index (χ3n) is 7.40. The number of rotatable bonds is 6. The van der Waals surface area contributed by atoms with Crippen molar-refractivity contribution >= 4 is 64.0 Å². The second-order valence-corrected chi connectivity index (χ2v) is 12.8. The molecule has 2 aliphatic heterocycles. The van der Waals surface area contributed by atoms with Crippen LogP contribution >= 0.6 is 23.2 Å². The fourth-order valence-corrected chi connectivity index (χ4v) is 6.02. The summed E-state index contributed by atoms with van der Waals surface area (Å²) in [5, 5.41) is 4.04. The van der Waals surface area contributed by atoms with E-state index in [9.17, 15) is 9.59 Å². The zero-order chi connectivity index (χ0) is 31.8. The lowest BCUT2D eigenvalue weighted by Crippen LogP contribution is -2.55. The van der Waals surface area contributed by atoms with Gasteiger partial charge in [0.05, 0.1) is 29.0 Å². The molecule has 2 amide bonds. The van der Waals surface area contributed by atoms with E-state index < -0.39 is 5.60 Å². The van der Waals surface area contributed by atoms with Crippen molar-refractivity contribution in [3.63, 3.8) is 0 Å². The molecule has 1 aromatic heterocycles. The van der Waals surface area contributed by atoms with Crippen LogP contribution in [0.3, 0.4) is 0 Å². The molecule has 1 atom stereocenters. The standard InChI is InChI=1S/C31H37Cl2N7O4/c1-19-16-38(12-13-39(19)30(42)44-31(2,3)4)25-11-10-21(14-20(25)17-43-6)35-29-34-15-22-27(36-29)37(5)18-40(28(22)41)26-23(32)8-7-9-24(26)33/h7-11,14-15,19H,12-13,16-18H2,1-6H3,(H,34,35,36)/t19-/m1/s1. The quantitative estimate of drug-likeness (QED) is 0.338. The first kappa shape index (κ1) is 31.6. The second kappa shape index (κ2) is 12.7. The monoisotopic (exact) mass is 641 g/mol. The zero-order valence-electron chi connectivity index (χ0n) is 25.7. The smallest absolute Gasteiger partial charge is 0.410 e. The highest BCUT2D eigenvalue weighted by Crippen LogP contribution is 2.38. The minimum atomic E-state index is -0.541. The first-order valence-electron chi connectivity index (χ1n) is 14.3.